The van der Waals surface area contributed by atoms with E-state index in [1.54, 1.807) is 18.7 Å². The number of piperidine rings is 1. The predicted octanol–water partition coefficient (Wildman–Crippen LogP) is 2.79. The van der Waals surface area contributed by atoms with Gasteiger partial charge in [0.1, 0.15) is 6.04 Å². The number of carbonyl (C=O) groups is 1. The monoisotopic (exact) mass is 367 g/mol. The maximum Gasteiger partial charge on any atom is 0.223 e. The lowest BCUT2D eigenvalue weighted by molar-refractivity contribution is -0.134. The molecule has 0 spiro atoms. The van der Waals surface area contributed by atoms with Crippen LogP contribution in [0.25, 0.3) is 0 Å². The van der Waals surface area contributed by atoms with Crippen molar-refractivity contribution in [3.63, 3.8) is 0 Å². The number of H-pyrrole nitrogens is 1. The van der Waals surface area contributed by atoms with Crippen LogP contribution in [-0.2, 0) is 11.2 Å². The summed E-state index contributed by atoms with van der Waals surface area (Å²) in [6.07, 6.45) is 9.05. The first-order valence-corrected chi connectivity index (χ1v) is 10.1. The zero-order valence-corrected chi connectivity index (χ0v) is 16.3. The highest BCUT2D eigenvalue weighted by atomic mass is 16.2. The molecule has 27 heavy (non-hydrogen) atoms. The van der Waals surface area contributed by atoms with Gasteiger partial charge in [0.2, 0.25) is 5.91 Å². The summed E-state index contributed by atoms with van der Waals surface area (Å²) in [7, 11) is 0. The fourth-order valence-corrected chi connectivity index (χ4v) is 4.47. The molecule has 1 amide bonds. The van der Waals surface area contributed by atoms with Gasteiger partial charge >= 0.3 is 0 Å². The van der Waals surface area contributed by atoms with Crippen LogP contribution < -0.4 is 0 Å². The Hall–Kier alpha value is -2.21. The average molecular weight is 367 g/mol. The van der Waals surface area contributed by atoms with Crippen molar-refractivity contribution in [3.8, 4) is 0 Å². The number of hydrogen-bond acceptors (Lipinski definition) is 4. The first-order chi connectivity index (χ1) is 13.1. The van der Waals surface area contributed by atoms with E-state index < -0.39 is 0 Å². The van der Waals surface area contributed by atoms with Crippen LogP contribution in [-0.4, -0.2) is 56.3 Å². The van der Waals surface area contributed by atoms with E-state index in [9.17, 15) is 4.79 Å². The van der Waals surface area contributed by atoms with Crippen LogP contribution >= 0.6 is 0 Å². The lowest BCUT2D eigenvalue weighted by Gasteiger charge is -2.38. The van der Waals surface area contributed by atoms with E-state index in [-0.39, 0.29) is 11.9 Å². The van der Waals surface area contributed by atoms with Gasteiger partial charge < -0.3 is 14.8 Å². The molecule has 2 aliphatic rings. The number of likely N-dealkylation sites (tertiary alicyclic amines) is 1. The molecule has 6 heteroatoms. The third-order valence-corrected chi connectivity index (χ3v) is 6.11. The van der Waals surface area contributed by atoms with Crippen molar-refractivity contribution in [2.45, 2.75) is 51.6 Å². The summed E-state index contributed by atoms with van der Waals surface area (Å²) in [5.74, 6) is 0.750. The van der Waals surface area contributed by atoms with Gasteiger partial charge in [-0.05, 0) is 63.4 Å². The summed E-state index contributed by atoms with van der Waals surface area (Å²) in [5, 5.41) is 0. The second kappa shape index (κ2) is 7.80. The van der Waals surface area contributed by atoms with Crippen LogP contribution in [0.5, 0.6) is 0 Å². The summed E-state index contributed by atoms with van der Waals surface area (Å²) in [6, 6.07) is 4.48. The van der Waals surface area contributed by atoms with Crippen molar-refractivity contribution in [2.24, 2.45) is 5.92 Å². The topological polar surface area (TPSA) is 65.1 Å². The molecule has 144 valence electrons. The first-order valence-electron chi connectivity index (χ1n) is 10.1. The van der Waals surface area contributed by atoms with Crippen molar-refractivity contribution in [1.29, 1.82) is 0 Å². The van der Waals surface area contributed by atoms with Gasteiger partial charge in [-0.1, -0.05) is 0 Å². The van der Waals surface area contributed by atoms with Crippen LogP contribution in [0.1, 0.15) is 56.1 Å². The number of aromatic amines is 1. The summed E-state index contributed by atoms with van der Waals surface area (Å²) >= 11 is 0. The minimum atomic E-state index is -0.105. The van der Waals surface area contributed by atoms with E-state index in [1.807, 2.05) is 17.0 Å². The third-order valence-electron chi connectivity index (χ3n) is 6.11. The van der Waals surface area contributed by atoms with Crippen LogP contribution in [0.4, 0.5) is 0 Å². The van der Waals surface area contributed by atoms with Gasteiger partial charge in [0.25, 0.3) is 0 Å². The van der Waals surface area contributed by atoms with Gasteiger partial charge in [0.15, 0.2) is 0 Å². The zero-order valence-electron chi connectivity index (χ0n) is 16.3. The number of pyridine rings is 1. The van der Waals surface area contributed by atoms with Crippen molar-refractivity contribution in [1.82, 2.24) is 24.8 Å². The standard InChI is InChI=1S/C21H29N5O/c1-15(2)25-10-5-16(6-11-25)13-19(27)26-12-7-18-20(24-14-23-18)21(26)17-3-8-22-9-4-17/h3-4,8-9,14-16,21H,5-7,10-13H2,1-2H3,(H,23,24)/t21-/m0/s1. The van der Waals surface area contributed by atoms with E-state index in [1.165, 1.54) is 0 Å². The highest BCUT2D eigenvalue weighted by Gasteiger charge is 2.35. The van der Waals surface area contributed by atoms with E-state index >= 15 is 0 Å². The smallest absolute Gasteiger partial charge is 0.223 e. The number of carbonyl (C=O) groups excluding carboxylic acids is 1. The van der Waals surface area contributed by atoms with Crippen LogP contribution in [0, 0.1) is 5.92 Å². The zero-order chi connectivity index (χ0) is 18.8. The maximum absolute atomic E-state index is 13.3. The number of nitrogens with one attached hydrogen (secondary N) is 1. The molecule has 0 saturated carbocycles. The third kappa shape index (κ3) is 3.76. The lowest BCUT2D eigenvalue weighted by atomic mass is 9.90. The van der Waals surface area contributed by atoms with Crippen LogP contribution in [0.2, 0.25) is 0 Å². The Balaban J connectivity index is 1.49. The van der Waals surface area contributed by atoms with E-state index in [4.69, 9.17) is 0 Å². The molecule has 1 N–H and O–H groups in total. The normalized spacial score (nSPS) is 21.4. The second-order valence-corrected chi connectivity index (χ2v) is 8.06. The van der Waals surface area contributed by atoms with Crippen LogP contribution in [0.3, 0.4) is 0 Å². The molecular formula is C21H29N5O. The minimum absolute atomic E-state index is 0.105. The van der Waals surface area contributed by atoms with Gasteiger partial charge in [-0.2, -0.15) is 0 Å². The molecule has 1 saturated heterocycles. The Kier molecular flexibility index (Phi) is 5.25. The molecule has 4 rings (SSSR count). The molecule has 1 fully saturated rings. The molecule has 0 aliphatic carbocycles. The highest BCUT2D eigenvalue weighted by molar-refractivity contribution is 5.78. The number of amides is 1. The Bertz CT molecular complexity index is 764. The molecule has 0 radical (unpaired) electrons. The van der Waals surface area contributed by atoms with Gasteiger partial charge in [-0.25, -0.2) is 4.98 Å². The summed E-state index contributed by atoms with van der Waals surface area (Å²) in [5.41, 5.74) is 3.21. The summed E-state index contributed by atoms with van der Waals surface area (Å²) in [4.78, 5) is 29.7. The SMILES string of the molecule is CC(C)N1CCC(CC(=O)N2CCc3[nH]cnc3[C@@H]2c2ccncc2)CC1. The Morgan fingerprint density at radius 2 is 1.96 bits per heavy atom. The molecule has 2 aromatic heterocycles. The second-order valence-electron chi connectivity index (χ2n) is 8.06. The molecule has 2 aliphatic heterocycles. The van der Waals surface area contributed by atoms with E-state index in [2.05, 4.69) is 33.7 Å². The van der Waals surface area contributed by atoms with Crippen molar-refractivity contribution < 1.29 is 4.79 Å². The summed E-state index contributed by atoms with van der Waals surface area (Å²) in [6.45, 7) is 7.45. The van der Waals surface area contributed by atoms with Crippen LogP contribution in [0.15, 0.2) is 30.9 Å². The average Bonchev–Trinajstić information content (AvgIpc) is 3.17. The Morgan fingerprint density at radius 1 is 1.22 bits per heavy atom. The number of nitrogens with zero attached hydrogens (tertiary/aromatic N) is 4. The van der Waals surface area contributed by atoms with Gasteiger partial charge in [-0.15, -0.1) is 0 Å². The van der Waals surface area contributed by atoms with E-state index in [0.717, 1.165) is 55.8 Å². The van der Waals surface area contributed by atoms with E-state index in [0.29, 0.717) is 18.4 Å². The molecule has 1 atom stereocenters. The largest absolute Gasteiger partial charge is 0.348 e. The number of aromatic nitrogens is 3. The minimum Gasteiger partial charge on any atom is -0.348 e. The number of hydrogen-bond donors (Lipinski definition) is 1. The molecule has 6 nitrogen and oxygen atoms in total. The Morgan fingerprint density at radius 3 is 2.67 bits per heavy atom. The fourth-order valence-electron chi connectivity index (χ4n) is 4.47. The lowest BCUT2D eigenvalue weighted by Crippen LogP contribution is -2.43. The van der Waals surface area contributed by atoms with Crippen molar-refractivity contribution >= 4 is 5.91 Å². The van der Waals surface area contributed by atoms with Gasteiger partial charge in [0.05, 0.1) is 12.0 Å². The molecule has 4 heterocycles. The molecule has 0 unspecified atom stereocenters. The molecule has 0 bridgehead atoms. The van der Waals surface area contributed by atoms with Gasteiger partial charge in [-0.3, -0.25) is 9.78 Å². The molecule has 2 aromatic rings. The fraction of sp³-hybridized carbons (Fsp3) is 0.571. The number of rotatable bonds is 4. The maximum atomic E-state index is 13.3. The number of fused-ring (bicyclic) bond motifs is 1. The quantitative estimate of drug-likeness (QED) is 0.902. The summed E-state index contributed by atoms with van der Waals surface area (Å²) < 4.78 is 0. The van der Waals surface area contributed by atoms with Gasteiger partial charge in [0, 0.05) is 43.5 Å². The highest BCUT2D eigenvalue weighted by Crippen LogP contribution is 2.34. The predicted molar refractivity (Wildman–Crippen MR) is 104 cm³/mol. The molecule has 0 aromatic carbocycles. The number of imidazole rings is 1. The van der Waals surface area contributed by atoms with Crippen molar-refractivity contribution in [3.05, 3.63) is 47.8 Å². The van der Waals surface area contributed by atoms with Crippen molar-refractivity contribution in [2.75, 3.05) is 19.6 Å². The Labute approximate surface area is 161 Å². The molecular weight excluding hydrogens is 338 g/mol. The first kappa shape index (κ1) is 18.2.